The van der Waals surface area contributed by atoms with Crippen molar-refractivity contribution < 1.29 is 9.53 Å². The lowest BCUT2D eigenvalue weighted by Gasteiger charge is -2.35. The van der Waals surface area contributed by atoms with Gasteiger partial charge in [0.1, 0.15) is 5.75 Å². The highest BCUT2D eigenvalue weighted by atomic mass is 16.5. The molecule has 0 aliphatic carbocycles. The number of fused-ring (bicyclic) bond motifs is 2. The Morgan fingerprint density at radius 3 is 2.62 bits per heavy atom. The van der Waals surface area contributed by atoms with Gasteiger partial charge in [-0.05, 0) is 44.7 Å². The molecule has 1 amide bonds. The third-order valence-electron chi connectivity index (χ3n) is 4.73. The Hall–Kier alpha value is -1.55. The average Bonchev–Trinajstić information content (AvgIpc) is 2.85. The summed E-state index contributed by atoms with van der Waals surface area (Å²) in [7, 11) is 1.93. The first kappa shape index (κ1) is 14.4. The van der Waals surface area contributed by atoms with Gasteiger partial charge < -0.3 is 15.0 Å². The van der Waals surface area contributed by atoms with E-state index in [1.54, 1.807) is 0 Å². The van der Waals surface area contributed by atoms with Gasteiger partial charge in [0.15, 0.2) is 0 Å². The molecule has 0 saturated carbocycles. The highest BCUT2D eigenvalue weighted by molar-refractivity contribution is 5.97. The molecule has 21 heavy (non-hydrogen) atoms. The number of benzene rings is 1. The molecule has 2 unspecified atom stereocenters. The fourth-order valence-corrected chi connectivity index (χ4v) is 3.62. The number of ether oxygens (including phenoxy) is 1. The maximum atomic E-state index is 12.8. The third kappa shape index (κ3) is 2.91. The van der Waals surface area contributed by atoms with Crippen molar-refractivity contribution in [1.29, 1.82) is 0 Å². The van der Waals surface area contributed by atoms with Gasteiger partial charge in [0.2, 0.25) is 0 Å². The molecule has 2 atom stereocenters. The van der Waals surface area contributed by atoms with Crippen LogP contribution in [0.1, 0.15) is 43.0 Å². The van der Waals surface area contributed by atoms with E-state index in [1.165, 1.54) is 12.8 Å². The highest BCUT2D eigenvalue weighted by Gasteiger charge is 2.36. The Balaban J connectivity index is 1.75. The molecular weight excluding hydrogens is 264 g/mol. The van der Waals surface area contributed by atoms with Crippen molar-refractivity contribution in [2.45, 2.75) is 50.7 Å². The van der Waals surface area contributed by atoms with Crippen molar-refractivity contribution in [3.63, 3.8) is 0 Å². The van der Waals surface area contributed by atoms with Gasteiger partial charge in [-0.3, -0.25) is 4.79 Å². The number of para-hydroxylation sites is 1. The summed E-state index contributed by atoms with van der Waals surface area (Å²) in [6, 6.07) is 9.06. The maximum absolute atomic E-state index is 12.8. The number of amides is 1. The van der Waals surface area contributed by atoms with Crippen LogP contribution in [0.25, 0.3) is 0 Å². The van der Waals surface area contributed by atoms with E-state index in [4.69, 9.17) is 4.74 Å². The number of hydrogen-bond donors (Lipinski definition) is 1. The molecular formula is C17H24N2O2. The summed E-state index contributed by atoms with van der Waals surface area (Å²) in [6.07, 6.45) is 4.63. The van der Waals surface area contributed by atoms with E-state index in [1.807, 2.05) is 43.1 Å². The van der Waals surface area contributed by atoms with Gasteiger partial charge in [0.25, 0.3) is 5.91 Å². The number of carbonyl (C=O) groups excluding carboxylic acids is 1. The van der Waals surface area contributed by atoms with Crippen LogP contribution >= 0.6 is 0 Å². The van der Waals surface area contributed by atoms with Gasteiger partial charge in [-0.2, -0.15) is 0 Å². The standard InChI is InChI=1S/C17H24N2O2/c1-3-21-16-7-5-4-6-15(16)17(20)19(2)14-10-12-8-9-13(11-14)18-12/h4-7,12-14,18H,3,8-11H2,1-2H3. The van der Waals surface area contributed by atoms with E-state index < -0.39 is 0 Å². The topological polar surface area (TPSA) is 41.6 Å². The lowest BCUT2D eigenvalue weighted by molar-refractivity contribution is 0.0677. The van der Waals surface area contributed by atoms with Crippen molar-refractivity contribution in [3.05, 3.63) is 29.8 Å². The van der Waals surface area contributed by atoms with Crippen LogP contribution in [-0.4, -0.2) is 42.6 Å². The van der Waals surface area contributed by atoms with E-state index in [2.05, 4.69) is 5.32 Å². The summed E-state index contributed by atoms with van der Waals surface area (Å²) in [5, 5.41) is 3.62. The second-order valence-corrected chi connectivity index (χ2v) is 6.11. The summed E-state index contributed by atoms with van der Waals surface area (Å²) in [5.41, 5.74) is 0.674. The van der Waals surface area contributed by atoms with Gasteiger partial charge in [0, 0.05) is 25.2 Å². The molecule has 2 heterocycles. The summed E-state index contributed by atoms with van der Waals surface area (Å²) in [4.78, 5) is 14.7. The van der Waals surface area contributed by atoms with Crippen LogP contribution in [0.2, 0.25) is 0 Å². The predicted octanol–water partition coefficient (Wildman–Crippen LogP) is 2.44. The first-order chi connectivity index (χ1) is 10.2. The van der Waals surface area contributed by atoms with Crippen LogP contribution in [0, 0.1) is 0 Å². The highest BCUT2D eigenvalue weighted by Crippen LogP contribution is 2.30. The SMILES string of the molecule is CCOc1ccccc1C(=O)N(C)C1CC2CCC(C1)N2. The van der Waals surface area contributed by atoms with Gasteiger partial charge in [-0.1, -0.05) is 12.1 Å². The average molecular weight is 288 g/mol. The summed E-state index contributed by atoms with van der Waals surface area (Å²) < 4.78 is 5.59. The summed E-state index contributed by atoms with van der Waals surface area (Å²) in [5.74, 6) is 0.763. The largest absolute Gasteiger partial charge is 0.493 e. The van der Waals surface area contributed by atoms with Gasteiger partial charge in [-0.25, -0.2) is 0 Å². The van der Waals surface area contributed by atoms with Crippen LogP contribution in [0.5, 0.6) is 5.75 Å². The zero-order valence-corrected chi connectivity index (χ0v) is 12.8. The third-order valence-corrected chi connectivity index (χ3v) is 4.73. The first-order valence-electron chi connectivity index (χ1n) is 7.94. The van der Waals surface area contributed by atoms with E-state index in [0.717, 1.165) is 12.8 Å². The van der Waals surface area contributed by atoms with Gasteiger partial charge in [-0.15, -0.1) is 0 Å². The molecule has 0 radical (unpaired) electrons. The maximum Gasteiger partial charge on any atom is 0.257 e. The summed E-state index contributed by atoms with van der Waals surface area (Å²) >= 11 is 0. The van der Waals surface area contributed by atoms with Crippen LogP contribution in [0.3, 0.4) is 0 Å². The molecule has 1 N–H and O–H groups in total. The fourth-order valence-electron chi connectivity index (χ4n) is 3.62. The monoisotopic (exact) mass is 288 g/mol. The molecule has 1 aromatic rings. The molecule has 2 bridgehead atoms. The molecule has 1 aromatic carbocycles. The number of piperidine rings is 1. The van der Waals surface area contributed by atoms with Crippen LogP contribution in [-0.2, 0) is 0 Å². The molecule has 2 fully saturated rings. The lowest BCUT2D eigenvalue weighted by Crippen LogP contribution is -2.48. The smallest absolute Gasteiger partial charge is 0.257 e. The van der Waals surface area contributed by atoms with Gasteiger partial charge in [0.05, 0.1) is 12.2 Å². The van der Waals surface area contributed by atoms with Crippen LogP contribution in [0.4, 0.5) is 0 Å². The normalized spacial score (nSPS) is 27.4. The van der Waals surface area contributed by atoms with Crippen molar-refractivity contribution >= 4 is 5.91 Å². The minimum Gasteiger partial charge on any atom is -0.493 e. The molecule has 2 aliphatic rings. The van der Waals surface area contributed by atoms with Crippen molar-refractivity contribution in [1.82, 2.24) is 10.2 Å². The van der Waals surface area contributed by atoms with E-state index in [9.17, 15) is 4.79 Å². The Kier molecular flexibility index (Phi) is 4.15. The quantitative estimate of drug-likeness (QED) is 0.925. The van der Waals surface area contributed by atoms with Crippen LogP contribution in [0.15, 0.2) is 24.3 Å². The van der Waals surface area contributed by atoms with Gasteiger partial charge >= 0.3 is 0 Å². The second kappa shape index (κ2) is 6.06. The molecule has 0 spiro atoms. The minimum absolute atomic E-state index is 0.0744. The number of nitrogens with zero attached hydrogens (tertiary/aromatic N) is 1. The zero-order valence-electron chi connectivity index (χ0n) is 12.8. The van der Waals surface area contributed by atoms with E-state index in [-0.39, 0.29) is 5.91 Å². The molecule has 4 heteroatoms. The number of carbonyl (C=O) groups is 1. The Bertz CT molecular complexity index is 505. The zero-order chi connectivity index (χ0) is 14.8. The van der Waals surface area contributed by atoms with E-state index in [0.29, 0.717) is 36.0 Å². The number of rotatable bonds is 4. The molecule has 4 nitrogen and oxygen atoms in total. The van der Waals surface area contributed by atoms with Crippen LogP contribution < -0.4 is 10.1 Å². The Morgan fingerprint density at radius 1 is 1.29 bits per heavy atom. The lowest BCUT2D eigenvalue weighted by atomic mass is 9.98. The summed E-state index contributed by atoms with van der Waals surface area (Å²) in [6.45, 7) is 2.51. The van der Waals surface area contributed by atoms with E-state index >= 15 is 0 Å². The van der Waals surface area contributed by atoms with Crippen molar-refractivity contribution in [2.24, 2.45) is 0 Å². The van der Waals surface area contributed by atoms with Crippen molar-refractivity contribution in [3.8, 4) is 5.75 Å². The minimum atomic E-state index is 0.0744. The molecule has 0 aromatic heterocycles. The molecule has 2 aliphatic heterocycles. The number of hydrogen-bond acceptors (Lipinski definition) is 3. The number of nitrogens with one attached hydrogen (secondary N) is 1. The Morgan fingerprint density at radius 2 is 1.95 bits per heavy atom. The predicted molar refractivity (Wildman–Crippen MR) is 82.7 cm³/mol. The first-order valence-corrected chi connectivity index (χ1v) is 7.94. The molecule has 114 valence electrons. The van der Waals surface area contributed by atoms with Crippen molar-refractivity contribution in [2.75, 3.05) is 13.7 Å². The fraction of sp³-hybridized carbons (Fsp3) is 0.588. The Labute approximate surface area is 126 Å². The molecule has 2 saturated heterocycles. The second-order valence-electron chi connectivity index (χ2n) is 6.11. The molecule has 3 rings (SSSR count).